The SMILES string of the molecule is COc1ccc2[nH]c(-c3c(C)n[nH]c3C)c(C=O)c2c1. The van der Waals surface area contributed by atoms with Gasteiger partial charge in [0.25, 0.3) is 0 Å². The second kappa shape index (κ2) is 4.52. The van der Waals surface area contributed by atoms with E-state index in [1.807, 2.05) is 32.0 Å². The highest BCUT2D eigenvalue weighted by molar-refractivity contribution is 6.05. The van der Waals surface area contributed by atoms with E-state index in [0.717, 1.165) is 45.6 Å². The van der Waals surface area contributed by atoms with Crippen LogP contribution in [0.1, 0.15) is 21.7 Å². The average Bonchev–Trinajstić information content (AvgIpc) is 2.97. The molecule has 2 N–H and O–H groups in total. The largest absolute Gasteiger partial charge is 0.497 e. The normalized spacial score (nSPS) is 10.9. The van der Waals surface area contributed by atoms with E-state index in [4.69, 9.17) is 4.74 Å². The Labute approximate surface area is 116 Å². The number of ether oxygens (including phenoxy) is 1. The standard InChI is InChI=1S/C15H15N3O2/c1-8-14(9(2)18-17-8)15-12(7-19)11-6-10(20-3)4-5-13(11)16-15/h4-7,16H,1-3H3,(H,17,18). The van der Waals surface area contributed by atoms with Crippen molar-refractivity contribution >= 4 is 17.2 Å². The molecule has 5 heteroatoms. The van der Waals surface area contributed by atoms with Crippen molar-refractivity contribution in [2.24, 2.45) is 0 Å². The van der Waals surface area contributed by atoms with E-state index in [2.05, 4.69) is 15.2 Å². The van der Waals surface area contributed by atoms with E-state index in [9.17, 15) is 4.79 Å². The molecule has 0 aliphatic rings. The average molecular weight is 269 g/mol. The van der Waals surface area contributed by atoms with Gasteiger partial charge in [0.1, 0.15) is 5.75 Å². The lowest BCUT2D eigenvalue weighted by molar-refractivity contribution is 0.112. The van der Waals surface area contributed by atoms with E-state index < -0.39 is 0 Å². The van der Waals surface area contributed by atoms with Crippen LogP contribution in [0.5, 0.6) is 5.75 Å². The highest BCUT2D eigenvalue weighted by Gasteiger charge is 2.18. The minimum atomic E-state index is 0.631. The summed E-state index contributed by atoms with van der Waals surface area (Å²) in [4.78, 5) is 14.8. The number of nitrogens with zero attached hydrogens (tertiary/aromatic N) is 1. The summed E-state index contributed by atoms with van der Waals surface area (Å²) >= 11 is 0. The van der Waals surface area contributed by atoms with E-state index in [1.165, 1.54) is 0 Å². The first-order chi connectivity index (χ1) is 9.65. The van der Waals surface area contributed by atoms with E-state index in [0.29, 0.717) is 5.56 Å². The number of aryl methyl sites for hydroxylation is 2. The van der Waals surface area contributed by atoms with Gasteiger partial charge >= 0.3 is 0 Å². The van der Waals surface area contributed by atoms with E-state index in [-0.39, 0.29) is 0 Å². The number of methoxy groups -OCH3 is 1. The quantitative estimate of drug-likeness (QED) is 0.718. The van der Waals surface area contributed by atoms with Crippen LogP contribution in [-0.4, -0.2) is 28.6 Å². The molecule has 0 saturated heterocycles. The zero-order chi connectivity index (χ0) is 14.3. The molecule has 5 nitrogen and oxygen atoms in total. The van der Waals surface area contributed by atoms with Gasteiger partial charge in [-0.1, -0.05) is 0 Å². The van der Waals surface area contributed by atoms with Crippen molar-refractivity contribution in [1.29, 1.82) is 0 Å². The van der Waals surface area contributed by atoms with Gasteiger partial charge in [0.2, 0.25) is 0 Å². The van der Waals surface area contributed by atoms with Crippen molar-refractivity contribution in [2.75, 3.05) is 7.11 Å². The van der Waals surface area contributed by atoms with Crippen LogP contribution in [0.3, 0.4) is 0 Å². The minimum absolute atomic E-state index is 0.631. The molecule has 0 spiro atoms. The first-order valence-electron chi connectivity index (χ1n) is 6.32. The fraction of sp³-hybridized carbons (Fsp3) is 0.200. The third kappa shape index (κ3) is 1.71. The van der Waals surface area contributed by atoms with Crippen LogP contribution in [0.2, 0.25) is 0 Å². The number of hydrogen-bond acceptors (Lipinski definition) is 3. The Morgan fingerprint density at radius 3 is 2.70 bits per heavy atom. The number of nitrogens with one attached hydrogen (secondary N) is 2. The van der Waals surface area contributed by atoms with Gasteiger partial charge in [-0.25, -0.2) is 0 Å². The molecule has 0 unspecified atom stereocenters. The van der Waals surface area contributed by atoms with Gasteiger partial charge in [-0.15, -0.1) is 0 Å². The number of aromatic nitrogens is 3. The molecule has 3 aromatic rings. The number of benzene rings is 1. The highest BCUT2D eigenvalue weighted by atomic mass is 16.5. The number of fused-ring (bicyclic) bond motifs is 1. The van der Waals surface area contributed by atoms with Crippen LogP contribution in [0, 0.1) is 13.8 Å². The lowest BCUT2D eigenvalue weighted by Gasteiger charge is -2.00. The minimum Gasteiger partial charge on any atom is -0.497 e. The number of H-pyrrole nitrogens is 2. The highest BCUT2D eigenvalue weighted by Crippen LogP contribution is 2.33. The Kier molecular flexibility index (Phi) is 2.82. The van der Waals surface area contributed by atoms with Gasteiger partial charge in [0.05, 0.1) is 18.5 Å². The predicted molar refractivity (Wildman–Crippen MR) is 77.3 cm³/mol. The second-order valence-electron chi connectivity index (χ2n) is 4.75. The molecule has 1 aromatic carbocycles. The van der Waals surface area contributed by atoms with Gasteiger partial charge in [0.15, 0.2) is 6.29 Å². The smallest absolute Gasteiger partial charge is 0.152 e. The van der Waals surface area contributed by atoms with Crippen molar-refractivity contribution in [1.82, 2.24) is 15.2 Å². The summed E-state index contributed by atoms with van der Waals surface area (Å²) in [6.45, 7) is 3.86. The summed E-state index contributed by atoms with van der Waals surface area (Å²) < 4.78 is 5.22. The Morgan fingerprint density at radius 2 is 2.10 bits per heavy atom. The van der Waals surface area contributed by atoms with E-state index in [1.54, 1.807) is 7.11 Å². The number of carbonyl (C=O) groups excluding carboxylic acids is 1. The summed E-state index contributed by atoms with van der Waals surface area (Å²) in [6, 6.07) is 5.64. The maximum Gasteiger partial charge on any atom is 0.152 e. The van der Waals surface area contributed by atoms with Crippen LogP contribution in [0.25, 0.3) is 22.2 Å². The fourth-order valence-corrected chi connectivity index (χ4v) is 2.56. The number of carbonyl (C=O) groups is 1. The molecule has 2 heterocycles. The third-order valence-electron chi connectivity index (χ3n) is 3.54. The molecule has 0 atom stereocenters. The van der Waals surface area contributed by atoms with Gasteiger partial charge in [-0.2, -0.15) is 5.10 Å². The first kappa shape index (κ1) is 12.5. The molecule has 0 aliphatic heterocycles. The van der Waals surface area contributed by atoms with Crippen LogP contribution in [0.15, 0.2) is 18.2 Å². The van der Waals surface area contributed by atoms with Crippen LogP contribution < -0.4 is 4.74 Å². The molecule has 0 bridgehead atoms. The molecule has 0 saturated carbocycles. The molecule has 102 valence electrons. The molecule has 3 rings (SSSR count). The monoisotopic (exact) mass is 269 g/mol. The van der Waals surface area contributed by atoms with E-state index >= 15 is 0 Å². The summed E-state index contributed by atoms with van der Waals surface area (Å²) in [6.07, 6.45) is 0.874. The molecule has 0 radical (unpaired) electrons. The fourth-order valence-electron chi connectivity index (χ4n) is 2.56. The van der Waals surface area contributed by atoms with Crippen LogP contribution >= 0.6 is 0 Å². The van der Waals surface area contributed by atoms with Crippen molar-refractivity contribution < 1.29 is 9.53 Å². The van der Waals surface area contributed by atoms with Crippen molar-refractivity contribution in [3.05, 3.63) is 35.2 Å². The van der Waals surface area contributed by atoms with Crippen LogP contribution in [0.4, 0.5) is 0 Å². The summed E-state index contributed by atoms with van der Waals surface area (Å²) in [5.74, 6) is 0.729. The Balaban J connectivity index is 2.34. The molecule has 0 amide bonds. The molecule has 2 aromatic heterocycles. The van der Waals surface area contributed by atoms with Gasteiger partial charge in [0, 0.05) is 27.7 Å². The maximum atomic E-state index is 11.5. The van der Waals surface area contributed by atoms with Crippen molar-refractivity contribution in [2.45, 2.75) is 13.8 Å². The second-order valence-corrected chi connectivity index (χ2v) is 4.75. The summed E-state index contributed by atoms with van der Waals surface area (Å²) in [7, 11) is 1.61. The van der Waals surface area contributed by atoms with Gasteiger partial charge < -0.3 is 9.72 Å². The Bertz CT molecular complexity index is 779. The number of rotatable bonds is 3. The van der Waals surface area contributed by atoms with Crippen molar-refractivity contribution in [3.63, 3.8) is 0 Å². The topological polar surface area (TPSA) is 70.8 Å². The number of hydrogen-bond donors (Lipinski definition) is 2. The summed E-state index contributed by atoms with van der Waals surface area (Å²) in [5, 5.41) is 7.99. The predicted octanol–water partition coefficient (Wildman–Crippen LogP) is 3.00. The Morgan fingerprint density at radius 1 is 1.30 bits per heavy atom. The zero-order valence-corrected chi connectivity index (χ0v) is 11.6. The lowest BCUT2D eigenvalue weighted by Crippen LogP contribution is -1.88. The Hall–Kier alpha value is -2.56. The van der Waals surface area contributed by atoms with Crippen molar-refractivity contribution in [3.8, 4) is 17.0 Å². The summed E-state index contributed by atoms with van der Waals surface area (Å²) in [5.41, 5.74) is 5.08. The molecular formula is C15H15N3O2. The number of aromatic amines is 2. The molecule has 0 fully saturated rings. The van der Waals surface area contributed by atoms with Gasteiger partial charge in [-0.05, 0) is 32.0 Å². The molecule has 20 heavy (non-hydrogen) atoms. The zero-order valence-electron chi connectivity index (χ0n) is 11.6. The van der Waals surface area contributed by atoms with Crippen LogP contribution in [-0.2, 0) is 0 Å². The first-order valence-corrected chi connectivity index (χ1v) is 6.32. The molecular weight excluding hydrogens is 254 g/mol. The molecule has 0 aliphatic carbocycles. The number of aldehydes is 1. The van der Waals surface area contributed by atoms with Gasteiger partial charge in [-0.3, -0.25) is 9.89 Å². The third-order valence-corrected chi connectivity index (χ3v) is 3.54. The lowest BCUT2D eigenvalue weighted by atomic mass is 10.0. The maximum absolute atomic E-state index is 11.5.